The highest BCUT2D eigenvalue weighted by Gasteiger charge is 1.92. The fourth-order valence-corrected chi connectivity index (χ4v) is 0.563. The maximum Gasteiger partial charge on any atom is 0.507 e. The molecule has 98 valence electrons. The van der Waals surface area contributed by atoms with Crippen LogP contribution >= 0.6 is 0 Å². The van der Waals surface area contributed by atoms with E-state index in [4.69, 9.17) is 14.2 Å². The van der Waals surface area contributed by atoms with Crippen LogP contribution in [0, 0.1) is 0 Å². The third kappa shape index (κ3) is 18.8. The van der Waals surface area contributed by atoms with E-state index in [-0.39, 0.29) is 0 Å². The molecule has 0 saturated heterocycles. The fourth-order valence-electron chi connectivity index (χ4n) is 0.563. The highest BCUT2D eigenvalue weighted by Crippen LogP contribution is 1.78. The van der Waals surface area contributed by atoms with Gasteiger partial charge in [-0.15, -0.1) is 0 Å². The number of carbonyl (C=O) groups is 1. The van der Waals surface area contributed by atoms with Gasteiger partial charge in [-0.2, -0.15) is 0 Å². The minimum atomic E-state index is -0.623. The summed E-state index contributed by atoms with van der Waals surface area (Å²) < 4.78 is 23.0. The van der Waals surface area contributed by atoms with E-state index in [9.17, 15) is 4.79 Å². The molecule has 0 heterocycles. The lowest BCUT2D eigenvalue weighted by Crippen LogP contribution is -2.06. The summed E-state index contributed by atoms with van der Waals surface area (Å²) in [6.07, 6.45) is -0.623. The number of hydrogen-bond acceptors (Lipinski definition) is 6. The summed E-state index contributed by atoms with van der Waals surface area (Å²) in [6.45, 7) is 4.71. The molecular weight excluding hydrogens is 216 g/mol. The van der Waals surface area contributed by atoms with E-state index in [0.29, 0.717) is 33.0 Å². The summed E-state index contributed by atoms with van der Waals surface area (Å²) in [5, 5.41) is 0. The molecule has 0 aromatic carbocycles. The normalized spacial score (nSPS) is 9.00. The van der Waals surface area contributed by atoms with Crippen LogP contribution in [0.5, 0.6) is 0 Å². The van der Waals surface area contributed by atoms with Crippen LogP contribution < -0.4 is 0 Å². The van der Waals surface area contributed by atoms with Crippen LogP contribution in [0.1, 0.15) is 6.92 Å². The lowest BCUT2D eigenvalue weighted by atomic mass is 10.7. The first-order chi connectivity index (χ1) is 7.72. The van der Waals surface area contributed by atoms with Gasteiger partial charge in [0.15, 0.2) is 0 Å². The van der Waals surface area contributed by atoms with Gasteiger partial charge in [-0.3, -0.25) is 0 Å². The molecule has 0 aromatic rings. The molecule has 0 atom stereocenters. The van der Waals surface area contributed by atoms with Gasteiger partial charge < -0.3 is 23.7 Å². The Hall–Kier alpha value is -0.850. The average Bonchev–Trinajstić information content (AvgIpc) is 2.30. The van der Waals surface area contributed by atoms with Gasteiger partial charge in [-0.05, 0) is 6.92 Å². The van der Waals surface area contributed by atoms with Crippen LogP contribution in [-0.2, 0) is 23.7 Å². The minimum absolute atomic E-state index is 0.368. The number of methoxy groups -OCH3 is 3. The van der Waals surface area contributed by atoms with Crippen molar-refractivity contribution in [2.75, 3.05) is 54.4 Å². The zero-order valence-corrected chi connectivity index (χ0v) is 10.5. The number of ether oxygens (including phenoxy) is 5. The zero-order chi connectivity index (χ0) is 12.6. The van der Waals surface area contributed by atoms with E-state index in [0.717, 1.165) is 0 Å². The summed E-state index contributed by atoms with van der Waals surface area (Å²) >= 11 is 0. The molecule has 6 heteroatoms. The van der Waals surface area contributed by atoms with Gasteiger partial charge in [-0.25, -0.2) is 4.79 Å². The third-order valence-electron chi connectivity index (χ3n) is 1.29. The Balaban J connectivity index is 0. The molecule has 0 aromatic heterocycles. The molecule has 0 aliphatic carbocycles. The Morgan fingerprint density at radius 1 is 0.938 bits per heavy atom. The summed E-state index contributed by atoms with van der Waals surface area (Å²) in [5.41, 5.74) is 0. The molecular formula is C10H22O6. The molecule has 0 rings (SSSR count). The smallest absolute Gasteiger partial charge is 0.438 e. The zero-order valence-electron chi connectivity index (χ0n) is 10.5. The van der Waals surface area contributed by atoms with Gasteiger partial charge in [0, 0.05) is 14.2 Å². The average molecular weight is 238 g/mol. The van der Waals surface area contributed by atoms with Gasteiger partial charge >= 0.3 is 6.16 Å². The number of rotatable bonds is 7. The van der Waals surface area contributed by atoms with Crippen molar-refractivity contribution in [1.29, 1.82) is 0 Å². The van der Waals surface area contributed by atoms with Crippen molar-refractivity contribution < 1.29 is 28.5 Å². The molecule has 0 aliphatic rings. The standard InChI is InChI=1S/C6H14O3.C4H8O3/c1-7-3-5-9-6-4-8-2;1-3-7-4(5)6-2/h3-6H2,1-2H3;3H2,1-2H3. The Labute approximate surface area is 96.8 Å². The van der Waals surface area contributed by atoms with Crippen LogP contribution in [0.3, 0.4) is 0 Å². The predicted octanol–water partition coefficient (Wildman–Crippen LogP) is 1.09. The molecule has 6 nitrogen and oxygen atoms in total. The van der Waals surface area contributed by atoms with Crippen LogP contribution in [0.4, 0.5) is 4.79 Å². The summed E-state index contributed by atoms with van der Waals surface area (Å²) in [7, 11) is 4.58. The number of hydrogen-bond donors (Lipinski definition) is 0. The van der Waals surface area contributed by atoms with Crippen LogP contribution in [-0.4, -0.2) is 60.5 Å². The highest BCUT2D eigenvalue weighted by molar-refractivity contribution is 5.59. The van der Waals surface area contributed by atoms with Gasteiger partial charge in [0.1, 0.15) is 0 Å². The Morgan fingerprint density at radius 3 is 1.69 bits per heavy atom. The first kappa shape index (κ1) is 17.5. The predicted molar refractivity (Wildman–Crippen MR) is 58.6 cm³/mol. The van der Waals surface area contributed by atoms with Gasteiger partial charge in [0.25, 0.3) is 0 Å². The molecule has 16 heavy (non-hydrogen) atoms. The van der Waals surface area contributed by atoms with E-state index >= 15 is 0 Å². The summed E-state index contributed by atoms with van der Waals surface area (Å²) in [5.74, 6) is 0. The molecule has 0 unspecified atom stereocenters. The maximum absolute atomic E-state index is 9.97. The van der Waals surface area contributed by atoms with Crippen molar-refractivity contribution in [2.24, 2.45) is 0 Å². The van der Waals surface area contributed by atoms with Crippen molar-refractivity contribution in [3.63, 3.8) is 0 Å². The van der Waals surface area contributed by atoms with E-state index < -0.39 is 6.16 Å². The minimum Gasteiger partial charge on any atom is -0.438 e. The molecule has 0 spiro atoms. The lowest BCUT2D eigenvalue weighted by Gasteiger charge is -2.00. The first-order valence-electron chi connectivity index (χ1n) is 4.99. The van der Waals surface area contributed by atoms with Crippen LogP contribution in [0.25, 0.3) is 0 Å². The first-order valence-corrected chi connectivity index (χ1v) is 4.99. The summed E-state index contributed by atoms with van der Waals surface area (Å²) in [4.78, 5) is 9.97. The van der Waals surface area contributed by atoms with E-state index in [1.807, 2.05) is 0 Å². The second-order valence-corrected chi connectivity index (χ2v) is 2.49. The van der Waals surface area contributed by atoms with Crippen molar-refractivity contribution in [2.45, 2.75) is 6.92 Å². The van der Waals surface area contributed by atoms with Gasteiger partial charge in [0.05, 0.1) is 40.1 Å². The molecule has 0 N–H and O–H groups in total. The Morgan fingerprint density at radius 2 is 1.44 bits per heavy atom. The molecule has 0 saturated carbocycles. The van der Waals surface area contributed by atoms with Gasteiger partial charge in [0.2, 0.25) is 0 Å². The topological polar surface area (TPSA) is 63.2 Å². The second kappa shape index (κ2) is 16.6. The van der Waals surface area contributed by atoms with E-state index in [1.165, 1.54) is 7.11 Å². The Kier molecular flexibility index (Phi) is 18.2. The van der Waals surface area contributed by atoms with Crippen molar-refractivity contribution in [3.05, 3.63) is 0 Å². The molecule has 0 radical (unpaired) electrons. The monoisotopic (exact) mass is 238 g/mol. The lowest BCUT2D eigenvalue weighted by molar-refractivity contribution is 0.0385. The SMILES string of the molecule is CCOC(=O)OC.COCCOCCOC. The quantitative estimate of drug-likeness (QED) is 0.488. The highest BCUT2D eigenvalue weighted by atomic mass is 16.7. The molecule has 0 amide bonds. The third-order valence-corrected chi connectivity index (χ3v) is 1.29. The Bertz CT molecular complexity index is 133. The second-order valence-electron chi connectivity index (χ2n) is 2.49. The van der Waals surface area contributed by atoms with Gasteiger partial charge in [-0.1, -0.05) is 0 Å². The fraction of sp³-hybridized carbons (Fsp3) is 0.900. The van der Waals surface area contributed by atoms with E-state index in [2.05, 4.69) is 9.47 Å². The summed E-state index contributed by atoms with van der Waals surface area (Å²) in [6, 6.07) is 0. The molecule has 0 fully saturated rings. The van der Waals surface area contributed by atoms with E-state index in [1.54, 1.807) is 21.1 Å². The van der Waals surface area contributed by atoms with Crippen molar-refractivity contribution in [3.8, 4) is 0 Å². The van der Waals surface area contributed by atoms with Crippen molar-refractivity contribution in [1.82, 2.24) is 0 Å². The maximum atomic E-state index is 9.97. The van der Waals surface area contributed by atoms with Crippen LogP contribution in [0.15, 0.2) is 0 Å². The molecule has 0 bridgehead atoms. The number of carbonyl (C=O) groups excluding carboxylic acids is 1. The van der Waals surface area contributed by atoms with Crippen molar-refractivity contribution >= 4 is 6.16 Å². The van der Waals surface area contributed by atoms with Crippen LogP contribution in [0.2, 0.25) is 0 Å². The molecule has 0 aliphatic heterocycles. The largest absolute Gasteiger partial charge is 0.507 e.